The molecule has 0 bridgehead atoms. The number of benzene rings is 1. The molecule has 2 aliphatic carbocycles. The first-order valence-electron chi connectivity index (χ1n) is 15.4. The van der Waals surface area contributed by atoms with Crippen LogP contribution in [0, 0.1) is 5.92 Å². The van der Waals surface area contributed by atoms with Crippen molar-refractivity contribution in [2.75, 3.05) is 43.9 Å². The Morgan fingerprint density at radius 3 is 2.56 bits per heavy atom. The molecule has 0 spiro atoms. The highest BCUT2D eigenvalue weighted by Gasteiger charge is 2.41. The van der Waals surface area contributed by atoms with Gasteiger partial charge < -0.3 is 15.0 Å². The number of rotatable bonds is 7. The van der Waals surface area contributed by atoms with Crippen LogP contribution in [0.15, 0.2) is 29.3 Å². The van der Waals surface area contributed by atoms with Crippen LogP contribution < -0.4 is 5.32 Å². The Morgan fingerprint density at radius 2 is 1.87 bits per heavy atom. The van der Waals surface area contributed by atoms with Crippen LogP contribution in [0.25, 0.3) is 10.6 Å². The Labute approximate surface area is 262 Å². The van der Waals surface area contributed by atoms with E-state index in [2.05, 4.69) is 32.3 Å². The highest BCUT2D eigenvalue weighted by atomic mass is 32.2. The lowest BCUT2D eigenvalue weighted by Gasteiger charge is -2.36. The van der Waals surface area contributed by atoms with Crippen molar-refractivity contribution in [1.82, 2.24) is 19.8 Å². The van der Waals surface area contributed by atoms with E-state index in [9.17, 15) is 26.4 Å². The first-order chi connectivity index (χ1) is 21.5. The van der Waals surface area contributed by atoms with Crippen LogP contribution >= 0.6 is 11.3 Å². The normalized spacial score (nSPS) is 22.0. The Kier molecular flexibility index (Phi) is 7.01. The summed E-state index contributed by atoms with van der Waals surface area (Å²) < 4.78 is 74.3. The SMILES string of the molecule is O=C1c2sc(-c3nc(Nc4cc5c(cc4C4CC4)CN(CC4CC4)CC5)ncc3C(F)(F)F)cc2S(=O)(=O)CCN1C1COC1. The lowest BCUT2D eigenvalue weighted by molar-refractivity contribution is -0.137. The number of hydrogen-bond acceptors (Lipinski definition) is 9. The molecule has 5 heterocycles. The van der Waals surface area contributed by atoms with Crippen LogP contribution in [0.1, 0.15) is 63.5 Å². The maximum absolute atomic E-state index is 14.3. The summed E-state index contributed by atoms with van der Waals surface area (Å²) in [7, 11) is -3.92. The van der Waals surface area contributed by atoms with Gasteiger partial charge in [0.15, 0.2) is 9.84 Å². The fourth-order valence-electron chi connectivity index (χ4n) is 6.49. The van der Waals surface area contributed by atoms with Gasteiger partial charge in [-0.2, -0.15) is 13.2 Å². The third-order valence-corrected chi connectivity index (χ3v) is 12.4. The number of halogens is 3. The van der Waals surface area contributed by atoms with E-state index in [0.717, 1.165) is 79.7 Å². The number of aromatic nitrogens is 2. The average molecular weight is 660 g/mol. The molecule has 0 atom stereocenters. The number of nitrogens with one attached hydrogen (secondary N) is 1. The Balaban J connectivity index is 1.15. The molecule has 3 aromatic rings. The number of carbonyl (C=O) groups excluding carboxylic acids is 1. The molecule has 2 saturated carbocycles. The van der Waals surface area contributed by atoms with E-state index in [-0.39, 0.29) is 38.9 Å². The monoisotopic (exact) mass is 659 g/mol. The summed E-state index contributed by atoms with van der Waals surface area (Å²) in [5.74, 6) is 0.335. The van der Waals surface area contributed by atoms with Gasteiger partial charge in [-0.05, 0) is 72.8 Å². The van der Waals surface area contributed by atoms with Crippen LogP contribution in [-0.4, -0.2) is 78.7 Å². The first-order valence-corrected chi connectivity index (χ1v) is 17.9. The van der Waals surface area contributed by atoms with Gasteiger partial charge in [-0.1, -0.05) is 6.07 Å². The van der Waals surface area contributed by atoms with E-state index in [1.165, 1.54) is 28.9 Å². The Morgan fingerprint density at radius 1 is 1.07 bits per heavy atom. The van der Waals surface area contributed by atoms with Gasteiger partial charge in [0.2, 0.25) is 5.95 Å². The zero-order valence-electron chi connectivity index (χ0n) is 24.4. The first kappa shape index (κ1) is 29.3. The molecular weight excluding hydrogens is 628 g/mol. The fraction of sp³-hybridized carbons (Fsp3) is 0.516. The number of fused-ring (bicyclic) bond motifs is 2. The minimum absolute atomic E-state index is 0.00393. The zero-order valence-corrected chi connectivity index (χ0v) is 26.0. The quantitative estimate of drug-likeness (QED) is 0.368. The largest absolute Gasteiger partial charge is 0.420 e. The fourth-order valence-corrected chi connectivity index (χ4v) is 9.41. The minimum Gasteiger partial charge on any atom is -0.377 e. The Bertz CT molecular complexity index is 1800. The van der Waals surface area contributed by atoms with Gasteiger partial charge in [-0.25, -0.2) is 18.4 Å². The molecular formula is C31H32F3N5O4S2. The summed E-state index contributed by atoms with van der Waals surface area (Å²) in [6.07, 6.45) is 1.54. The summed E-state index contributed by atoms with van der Waals surface area (Å²) in [4.78, 5) is 25.4. The maximum Gasteiger partial charge on any atom is 0.420 e. The van der Waals surface area contributed by atoms with Crippen molar-refractivity contribution in [3.05, 3.63) is 51.5 Å². The van der Waals surface area contributed by atoms with Crippen LogP contribution in [0.2, 0.25) is 0 Å². The van der Waals surface area contributed by atoms with E-state index in [0.29, 0.717) is 19.1 Å². The van der Waals surface area contributed by atoms with Crippen molar-refractivity contribution in [1.29, 1.82) is 0 Å². The minimum atomic E-state index is -4.80. The summed E-state index contributed by atoms with van der Waals surface area (Å²) in [5.41, 5.74) is 2.87. The van der Waals surface area contributed by atoms with Gasteiger partial charge in [0.05, 0.1) is 40.5 Å². The molecule has 8 rings (SSSR count). The predicted molar refractivity (Wildman–Crippen MR) is 161 cm³/mol. The van der Waals surface area contributed by atoms with Crippen molar-refractivity contribution in [3.8, 4) is 10.6 Å². The molecule has 45 heavy (non-hydrogen) atoms. The van der Waals surface area contributed by atoms with Crippen molar-refractivity contribution in [3.63, 3.8) is 0 Å². The molecule has 2 aromatic heterocycles. The molecule has 3 fully saturated rings. The van der Waals surface area contributed by atoms with Gasteiger partial charge in [0, 0.05) is 38.1 Å². The molecule has 0 unspecified atom stereocenters. The topological polar surface area (TPSA) is 105 Å². The number of sulfone groups is 1. The van der Waals surface area contributed by atoms with Gasteiger partial charge >= 0.3 is 6.18 Å². The number of alkyl halides is 3. The third kappa shape index (κ3) is 5.63. The second-order valence-electron chi connectivity index (χ2n) is 12.8. The predicted octanol–water partition coefficient (Wildman–Crippen LogP) is 5.24. The van der Waals surface area contributed by atoms with Crippen LogP contribution in [-0.2, 0) is 33.7 Å². The van der Waals surface area contributed by atoms with Crippen molar-refractivity contribution < 1.29 is 31.1 Å². The van der Waals surface area contributed by atoms with Gasteiger partial charge in [-0.3, -0.25) is 9.69 Å². The molecule has 9 nitrogen and oxygen atoms in total. The van der Waals surface area contributed by atoms with Crippen LogP contribution in [0.3, 0.4) is 0 Å². The number of thiophene rings is 1. The Hall–Kier alpha value is -3.07. The summed E-state index contributed by atoms with van der Waals surface area (Å²) in [6.45, 7) is 3.60. The van der Waals surface area contributed by atoms with Crippen molar-refractivity contribution >= 4 is 38.7 Å². The lowest BCUT2D eigenvalue weighted by atomic mass is 9.94. The second kappa shape index (κ2) is 10.7. The molecule has 238 valence electrons. The average Bonchev–Trinajstić information content (AvgIpc) is 3.91. The van der Waals surface area contributed by atoms with Crippen LogP contribution in [0.5, 0.6) is 0 Å². The lowest BCUT2D eigenvalue weighted by Crippen LogP contribution is -2.52. The summed E-state index contributed by atoms with van der Waals surface area (Å²) in [5, 5.41) is 3.21. The number of ether oxygens (including phenoxy) is 1. The second-order valence-corrected chi connectivity index (χ2v) is 15.9. The highest BCUT2D eigenvalue weighted by Crippen LogP contribution is 2.46. The highest BCUT2D eigenvalue weighted by molar-refractivity contribution is 7.91. The molecule has 14 heteroatoms. The number of amides is 1. The van der Waals surface area contributed by atoms with E-state index in [1.54, 1.807) is 0 Å². The van der Waals surface area contributed by atoms with E-state index in [1.807, 2.05) is 0 Å². The van der Waals surface area contributed by atoms with E-state index >= 15 is 0 Å². The number of carbonyl (C=O) groups is 1. The molecule has 1 amide bonds. The van der Waals surface area contributed by atoms with Crippen molar-refractivity contribution in [2.45, 2.75) is 61.7 Å². The van der Waals surface area contributed by atoms with E-state index in [4.69, 9.17) is 4.74 Å². The third-order valence-electron chi connectivity index (χ3n) is 9.42. The summed E-state index contributed by atoms with van der Waals surface area (Å²) in [6, 6.07) is 5.24. The smallest absolute Gasteiger partial charge is 0.377 e. The molecule has 1 N–H and O–H groups in total. The maximum atomic E-state index is 14.3. The summed E-state index contributed by atoms with van der Waals surface area (Å²) >= 11 is 0.725. The molecule has 3 aliphatic heterocycles. The molecule has 1 aromatic carbocycles. The number of nitrogens with zero attached hydrogens (tertiary/aromatic N) is 4. The molecule has 1 saturated heterocycles. The molecule has 5 aliphatic rings. The zero-order chi connectivity index (χ0) is 31.1. The van der Waals surface area contributed by atoms with Gasteiger partial charge in [-0.15, -0.1) is 11.3 Å². The number of hydrogen-bond donors (Lipinski definition) is 1. The standard InChI is InChI=1S/C31H32F3N5O4S2/c32-31(33,34)23-12-35-30(36-24-10-19-5-6-38(13-17-1-2-17)14-20(19)9-22(24)18-3-4-18)37-27(23)25-11-26-28(44-25)29(40)39(21-15-43-16-21)7-8-45(26,41)42/h9-12,17-18,21H,1-8,13-16H2,(H,35,36,37). The van der Waals surface area contributed by atoms with E-state index < -0.39 is 33.2 Å². The van der Waals surface area contributed by atoms with Crippen LogP contribution in [0.4, 0.5) is 24.8 Å². The van der Waals surface area contributed by atoms with Gasteiger partial charge in [0.25, 0.3) is 5.91 Å². The number of anilines is 2. The van der Waals surface area contributed by atoms with Gasteiger partial charge in [0.1, 0.15) is 10.4 Å². The van der Waals surface area contributed by atoms with Crippen molar-refractivity contribution in [2.24, 2.45) is 5.92 Å². The molecule has 0 radical (unpaired) electrons.